The van der Waals surface area contributed by atoms with E-state index in [1.807, 2.05) is 6.92 Å². The summed E-state index contributed by atoms with van der Waals surface area (Å²) in [5.41, 5.74) is 1.50. The van der Waals surface area contributed by atoms with Crippen LogP contribution in [-0.2, 0) is 6.42 Å². The molecule has 0 aliphatic carbocycles. The summed E-state index contributed by atoms with van der Waals surface area (Å²) in [6, 6.07) is 1.73. The van der Waals surface area contributed by atoms with Crippen molar-refractivity contribution in [1.29, 1.82) is 0 Å². The Morgan fingerprint density at radius 3 is 3.00 bits per heavy atom. The van der Waals surface area contributed by atoms with Crippen molar-refractivity contribution in [3.05, 3.63) is 28.5 Å². The number of H-pyrrole nitrogens is 1. The second-order valence-corrected chi connectivity index (χ2v) is 3.62. The molecular weight excluding hydrogens is 216 g/mol. The van der Waals surface area contributed by atoms with Gasteiger partial charge in [0.05, 0.1) is 5.02 Å². The number of carbonyl (C=O) groups is 1. The minimum Gasteiger partial charge on any atom is -0.477 e. The SMILES string of the molecule is CCc1c(C(=O)O)[nH]c2ncc(Cl)cc12. The summed E-state index contributed by atoms with van der Waals surface area (Å²) < 4.78 is 0. The summed E-state index contributed by atoms with van der Waals surface area (Å²) in [4.78, 5) is 17.8. The number of aromatic carboxylic acids is 1. The number of hydrogen-bond acceptors (Lipinski definition) is 2. The predicted molar refractivity (Wildman–Crippen MR) is 57.4 cm³/mol. The van der Waals surface area contributed by atoms with Crippen LogP contribution < -0.4 is 0 Å². The molecule has 2 heterocycles. The highest BCUT2D eigenvalue weighted by Crippen LogP contribution is 2.24. The Kier molecular flexibility index (Phi) is 2.36. The highest BCUT2D eigenvalue weighted by atomic mass is 35.5. The summed E-state index contributed by atoms with van der Waals surface area (Å²) in [5, 5.41) is 10.3. The maximum atomic E-state index is 10.9. The molecule has 0 radical (unpaired) electrons. The Labute approximate surface area is 90.9 Å². The van der Waals surface area contributed by atoms with Crippen LogP contribution in [0.15, 0.2) is 12.3 Å². The minimum absolute atomic E-state index is 0.197. The van der Waals surface area contributed by atoms with Crippen molar-refractivity contribution in [2.75, 3.05) is 0 Å². The van der Waals surface area contributed by atoms with E-state index >= 15 is 0 Å². The molecule has 2 rings (SSSR count). The number of pyridine rings is 1. The molecule has 0 fully saturated rings. The van der Waals surface area contributed by atoms with Gasteiger partial charge in [-0.2, -0.15) is 0 Å². The molecular formula is C10H9ClN2O2. The summed E-state index contributed by atoms with van der Waals surface area (Å²) in [6.07, 6.45) is 2.12. The molecule has 0 amide bonds. The van der Waals surface area contributed by atoms with Crippen molar-refractivity contribution in [1.82, 2.24) is 9.97 Å². The quantitative estimate of drug-likeness (QED) is 0.824. The van der Waals surface area contributed by atoms with Crippen LogP contribution in [0.3, 0.4) is 0 Å². The summed E-state index contributed by atoms with van der Waals surface area (Å²) in [6.45, 7) is 1.90. The maximum absolute atomic E-state index is 10.9. The van der Waals surface area contributed by atoms with E-state index in [0.717, 1.165) is 10.9 Å². The molecule has 5 heteroatoms. The topological polar surface area (TPSA) is 66.0 Å². The van der Waals surface area contributed by atoms with E-state index in [4.69, 9.17) is 16.7 Å². The van der Waals surface area contributed by atoms with Gasteiger partial charge >= 0.3 is 5.97 Å². The van der Waals surface area contributed by atoms with E-state index in [1.165, 1.54) is 6.20 Å². The zero-order chi connectivity index (χ0) is 11.0. The van der Waals surface area contributed by atoms with Gasteiger partial charge in [0.2, 0.25) is 0 Å². The number of aromatic nitrogens is 2. The second kappa shape index (κ2) is 3.55. The first kappa shape index (κ1) is 9.98. The van der Waals surface area contributed by atoms with Crippen molar-refractivity contribution in [2.45, 2.75) is 13.3 Å². The van der Waals surface area contributed by atoms with E-state index in [9.17, 15) is 4.79 Å². The molecule has 2 aromatic heterocycles. The Balaban J connectivity index is 2.79. The Hall–Kier alpha value is -1.55. The van der Waals surface area contributed by atoms with Crippen molar-refractivity contribution in [3.63, 3.8) is 0 Å². The predicted octanol–water partition coefficient (Wildman–Crippen LogP) is 2.48. The molecule has 0 saturated carbocycles. The first-order chi connectivity index (χ1) is 7.13. The third kappa shape index (κ3) is 1.57. The normalized spacial score (nSPS) is 10.8. The minimum atomic E-state index is -0.971. The molecule has 0 spiro atoms. The first-order valence-corrected chi connectivity index (χ1v) is 4.90. The fraction of sp³-hybridized carbons (Fsp3) is 0.200. The van der Waals surface area contributed by atoms with Gasteiger partial charge in [-0.3, -0.25) is 0 Å². The smallest absolute Gasteiger partial charge is 0.352 e. The molecule has 0 aromatic carbocycles. The highest BCUT2D eigenvalue weighted by Gasteiger charge is 2.16. The fourth-order valence-corrected chi connectivity index (χ4v) is 1.81. The van der Waals surface area contributed by atoms with E-state index in [-0.39, 0.29) is 5.69 Å². The Morgan fingerprint density at radius 2 is 2.40 bits per heavy atom. The van der Waals surface area contributed by atoms with Gasteiger partial charge in [-0.05, 0) is 18.1 Å². The summed E-state index contributed by atoms with van der Waals surface area (Å²) in [7, 11) is 0. The number of carboxylic acids is 1. The van der Waals surface area contributed by atoms with Gasteiger partial charge in [0.15, 0.2) is 0 Å². The van der Waals surface area contributed by atoms with Crippen LogP contribution in [0.4, 0.5) is 0 Å². The Bertz CT molecular complexity index is 533. The van der Waals surface area contributed by atoms with Gasteiger partial charge in [0.1, 0.15) is 11.3 Å². The van der Waals surface area contributed by atoms with Gasteiger partial charge in [0.25, 0.3) is 0 Å². The van der Waals surface area contributed by atoms with Crippen LogP contribution in [-0.4, -0.2) is 21.0 Å². The van der Waals surface area contributed by atoms with Gasteiger partial charge in [-0.1, -0.05) is 18.5 Å². The van der Waals surface area contributed by atoms with Crippen molar-refractivity contribution >= 4 is 28.6 Å². The lowest BCUT2D eigenvalue weighted by Crippen LogP contribution is -2.00. The lowest BCUT2D eigenvalue weighted by atomic mass is 10.1. The van der Waals surface area contributed by atoms with Crippen LogP contribution in [0.25, 0.3) is 11.0 Å². The third-order valence-electron chi connectivity index (χ3n) is 2.29. The average Bonchev–Trinajstić information content (AvgIpc) is 2.55. The molecule has 0 bridgehead atoms. The molecule has 2 aromatic rings. The molecule has 0 aliphatic rings. The standard InChI is InChI=1S/C10H9ClN2O2/c1-2-6-7-3-5(11)4-12-9(7)13-8(6)10(14)15/h3-4H,2H2,1H3,(H,12,13)(H,14,15). The fourth-order valence-electron chi connectivity index (χ4n) is 1.65. The lowest BCUT2D eigenvalue weighted by Gasteiger charge is -1.95. The monoisotopic (exact) mass is 224 g/mol. The maximum Gasteiger partial charge on any atom is 0.352 e. The van der Waals surface area contributed by atoms with Crippen molar-refractivity contribution in [2.24, 2.45) is 0 Å². The second-order valence-electron chi connectivity index (χ2n) is 3.19. The number of fused-ring (bicyclic) bond motifs is 1. The van der Waals surface area contributed by atoms with Crippen molar-refractivity contribution in [3.8, 4) is 0 Å². The number of halogens is 1. The zero-order valence-corrected chi connectivity index (χ0v) is 8.80. The molecule has 2 N–H and O–H groups in total. The van der Waals surface area contributed by atoms with Gasteiger partial charge < -0.3 is 10.1 Å². The molecule has 0 unspecified atom stereocenters. The largest absolute Gasteiger partial charge is 0.477 e. The summed E-state index contributed by atoms with van der Waals surface area (Å²) in [5.74, 6) is -0.971. The first-order valence-electron chi connectivity index (χ1n) is 4.53. The average molecular weight is 225 g/mol. The lowest BCUT2D eigenvalue weighted by molar-refractivity contribution is 0.0690. The van der Waals surface area contributed by atoms with Gasteiger partial charge in [-0.15, -0.1) is 0 Å². The Morgan fingerprint density at radius 1 is 1.67 bits per heavy atom. The van der Waals surface area contributed by atoms with Crippen LogP contribution in [0, 0.1) is 0 Å². The highest BCUT2D eigenvalue weighted by molar-refractivity contribution is 6.31. The molecule has 0 saturated heterocycles. The van der Waals surface area contributed by atoms with E-state index in [0.29, 0.717) is 17.1 Å². The van der Waals surface area contributed by atoms with E-state index < -0.39 is 5.97 Å². The molecule has 15 heavy (non-hydrogen) atoms. The third-order valence-corrected chi connectivity index (χ3v) is 2.50. The molecule has 0 aliphatic heterocycles. The van der Waals surface area contributed by atoms with Crippen LogP contribution in [0.2, 0.25) is 5.02 Å². The number of nitrogens with zero attached hydrogens (tertiary/aromatic N) is 1. The van der Waals surface area contributed by atoms with Crippen LogP contribution in [0.5, 0.6) is 0 Å². The molecule has 78 valence electrons. The number of aryl methyl sites for hydroxylation is 1. The number of rotatable bonds is 2. The number of aromatic amines is 1. The number of nitrogens with one attached hydrogen (secondary N) is 1. The van der Waals surface area contributed by atoms with E-state index in [2.05, 4.69) is 9.97 Å². The van der Waals surface area contributed by atoms with Crippen LogP contribution in [0.1, 0.15) is 23.0 Å². The summed E-state index contributed by atoms with van der Waals surface area (Å²) >= 11 is 5.81. The van der Waals surface area contributed by atoms with Crippen LogP contribution >= 0.6 is 11.6 Å². The molecule has 0 atom stereocenters. The van der Waals surface area contributed by atoms with Crippen molar-refractivity contribution < 1.29 is 9.90 Å². The number of carboxylic acid groups (broad SMARTS) is 1. The zero-order valence-electron chi connectivity index (χ0n) is 8.04. The van der Waals surface area contributed by atoms with Gasteiger partial charge in [0, 0.05) is 11.6 Å². The van der Waals surface area contributed by atoms with E-state index in [1.54, 1.807) is 6.07 Å². The number of hydrogen-bond donors (Lipinski definition) is 2. The van der Waals surface area contributed by atoms with Gasteiger partial charge in [-0.25, -0.2) is 9.78 Å². The molecule has 4 nitrogen and oxygen atoms in total.